The monoisotopic (exact) mass is 511 g/mol. The molecule has 0 spiro atoms. The number of piperidine rings is 1. The fourth-order valence-electron chi connectivity index (χ4n) is 5.98. The molecular formula is C30H41NO6. The summed E-state index contributed by atoms with van der Waals surface area (Å²) in [5, 5.41) is 11.7. The highest BCUT2D eigenvalue weighted by Gasteiger charge is 2.51. The molecule has 3 atom stereocenters. The zero-order valence-electron chi connectivity index (χ0n) is 22.6. The largest absolute Gasteiger partial charge is 0.494 e. The molecule has 2 aromatic carbocycles. The van der Waals surface area contributed by atoms with Crippen LogP contribution in [0.1, 0.15) is 81.8 Å². The molecule has 2 aliphatic rings. The lowest BCUT2D eigenvalue weighted by Crippen LogP contribution is -2.56. The summed E-state index contributed by atoms with van der Waals surface area (Å²) in [4.78, 5) is 16.2. The van der Waals surface area contributed by atoms with Gasteiger partial charge in [0, 0.05) is 23.6 Å². The van der Waals surface area contributed by atoms with Crippen LogP contribution in [-0.2, 0) is 0 Å². The third-order valence-corrected chi connectivity index (χ3v) is 7.52. The molecule has 2 aromatic rings. The van der Waals surface area contributed by atoms with Crippen LogP contribution in [0.5, 0.6) is 23.0 Å². The van der Waals surface area contributed by atoms with Crippen LogP contribution in [0.3, 0.4) is 0 Å². The third-order valence-electron chi connectivity index (χ3n) is 7.52. The molecule has 1 amide bonds. The van der Waals surface area contributed by atoms with Crippen LogP contribution in [0.15, 0.2) is 36.4 Å². The number of para-hydroxylation sites is 1. The second kappa shape index (κ2) is 12.1. The number of amides is 1. The molecule has 1 N–H and O–H groups in total. The quantitative estimate of drug-likeness (QED) is 0.435. The highest BCUT2D eigenvalue weighted by molar-refractivity contribution is 5.96. The summed E-state index contributed by atoms with van der Waals surface area (Å²) in [6.07, 6.45) is 4.23. The van der Waals surface area contributed by atoms with Crippen molar-refractivity contribution in [1.82, 2.24) is 4.90 Å². The average Bonchev–Trinajstić information content (AvgIpc) is 2.90. The lowest BCUT2D eigenvalue weighted by Gasteiger charge is -2.52. The summed E-state index contributed by atoms with van der Waals surface area (Å²) in [5.74, 6) is 2.09. The fourth-order valence-corrected chi connectivity index (χ4v) is 5.98. The average molecular weight is 512 g/mol. The Morgan fingerprint density at radius 3 is 2.16 bits per heavy atom. The van der Waals surface area contributed by atoms with Gasteiger partial charge in [-0.05, 0) is 65.2 Å². The molecule has 37 heavy (non-hydrogen) atoms. The molecule has 7 nitrogen and oxygen atoms in total. The minimum atomic E-state index is -0.787. The minimum absolute atomic E-state index is 0.0685. The number of fused-ring (bicyclic) bond motifs is 1. The molecule has 0 radical (unpaired) electrons. The Balaban J connectivity index is 1.80. The van der Waals surface area contributed by atoms with Crippen molar-refractivity contribution in [3.05, 3.63) is 47.5 Å². The number of likely N-dealkylation sites (tertiary alicyclic amines) is 1. The van der Waals surface area contributed by atoms with E-state index in [4.69, 9.17) is 18.9 Å². The van der Waals surface area contributed by atoms with Gasteiger partial charge >= 0.3 is 0 Å². The highest BCUT2D eigenvalue weighted by atomic mass is 16.5. The SMILES string of the molecule is CCOc1ccccc1C1C2CCCCC2(O)CCN1C(=O)c1cc(OCC)c(OCC)c(OCC)c1. The van der Waals surface area contributed by atoms with Gasteiger partial charge < -0.3 is 29.0 Å². The summed E-state index contributed by atoms with van der Waals surface area (Å²) in [6, 6.07) is 11.1. The van der Waals surface area contributed by atoms with E-state index in [1.807, 2.05) is 56.9 Å². The maximum absolute atomic E-state index is 14.3. The minimum Gasteiger partial charge on any atom is -0.494 e. The smallest absolute Gasteiger partial charge is 0.254 e. The maximum atomic E-state index is 14.3. The number of rotatable bonds is 10. The Labute approximate surface area is 220 Å². The van der Waals surface area contributed by atoms with Crippen LogP contribution in [0.4, 0.5) is 0 Å². The lowest BCUT2D eigenvalue weighted by molar-refractivity contribution is -0.115. The van der Waals surface area contributed by atoms with Crippen LogP contribution < -0.4 is 18.9 Å². The van der Waals surface area contributed by atoms with Gasteiger partial charge in [0.05, 0.1) is 38.1 Å². The number of hydrogen-bond acceptors (Lipinski definition) is 6. The lowest BCUT2D eigenvalue weighted by atomic mass is 9.66. The Kier molecular flexibility index (Phi) is 8.85. The van der Waals surface area contributed by atoms with Gasteiger partial charge in [0.1, 0.15) is 5.75 Å². The maximum Gasteiger partial charge on any atom is 0.254 e. The summed E-state index contributed by atoms with van der Waals surface area (Å²) >= 11 is 0. The third kappa shape index (κ3) is 5.52. The molecular weight excluding hydrogens is 470 g/mol. The molecule has 1 heterocycles. The molecule has 3 unspecified atom stereocenters. The summed E-state index contributed by atoms with van der Waals surface area (Å²) < 4.78 is 23.6. The Morgan fingerprint density at radius 2 is 1.51 bits per heavy atom. The van der Waals surface area contributed by atoms with Crippen LogP contribution >= 0.6 is 0 Å². The van der Waals surface area contributed by atoms with Crippen molar-refractivity contribution in [1.29, 1.82) is 0 Å². The Hall–Kier alpha value is -2.93. The van der Waals surface area contributed by atoms with E-state index in [2.05, 4.69) is 0 Å². The Bertz CT molecular complexity index is 1040. The highest BCUT2D eigenvalue weighted by Crippen LogP contribution is 2.51. The number of ether oxygens (including phenoxy) is 4. The van der Waals surface area contributed by atoms with E-state index >= 15 is 0 Å². The van der Waals surface area contributed by atoms with E-state index in [-0.39, 0.29) is 17.9 Å². The number of benzene rings is 2. The predicted octanol–water partition coefficient (Wildman–Crippen LogP) is 5.79. The molecule has 1 aliphatic carbocycles. The first kappa shape index (κ1) is 27.1. The fraction of sp³-hybridized carbons (Fsp3) is 0.567. The van der Waals surface area contributed by atoms with E-state index in [1.54, 1.807) is 12.1 Å². The van der Waals surface area contributed by atoms with Crippen LogP contribution in [0.2, 0.25) is 0 Å². The van der Waals surface area contributed by atoms with Gasteiger partial charge in [-0.25, -0.2) is 0 Å². The first-order valence-corrected chi connectivity index (χ1v) is 13.8. The van der Waals surface area contributed by atoms with E-state index < -0.39 is 5.60 Å². The summed E-state index contributed by atoms with van der Waals surface area (Å²) in [5.41, 5.74) is 0.643. The topological polar surface area (TPSA) is 77.5 Å². The number of carbonyl (C=O) groups excluding carboxylic acids is 1. The molecule has 1 saturated heterocycles. The van der Waals surface area contributed by atoms with Crippen molar-refractivity contribution < 1.29 is 28.8 Å². The molecule has 1 aliphatic heterocycles. The zero-order chi connectivity index (χ0) is 26.4. The standard InChI is InChI=1S/C30H41NO6/c1-5-34-24-15-10-9-13-22(24)27-23-14-11-12-16-30(23,33)17-18-31(27)29(32)21-19-25(35-6-2)28(37-8-4)26(20-21)36-7-3/h9-10,13,15,19-20,23,27,33H,5-8,11-12,14,16-18H2,1-4H3. The van der Waals surface area contributed by atoms with E-state index in [0.717, 1.165) is 37.0 Å². The number of hydrogen-bond donors (Lipinski definition) is 1. The van der Waals surface area contributed by atoms with Crippen molar-refractivity contribution in [2.45, 2.75) is 71.4 Å². The van der Waals surface area contributed by atoms with Gasteiger partial charge in [0.25, 0.3) is 5.91 Å². The van der Waals surface area contributed by atoms with Gasteiger partial charge in [-0.3, -0.25) is 4.79 Å². The second-order valence-corrected chi connectivity index (χ2v) is 9.72. The van der Waals surface area contributed by atoms with Crippen molar-refractivity contribution >= 4 is 5.91 Å². The molecule has 0 aromatic heterocycles. The normalized spacial score (nSPS) is 23.2. The van der Waals surface area contributed by atoms with Crippen molar-refractivity contribution in [3.63, 3.8) is 0 Å². The molecule has 1 saturated carbocycles. The summed E-state index contributed by atoms with van der Waals surface area (Å²) in [7, 11) is 0. The van der Waals surface area contributed by atoms with Crippen LogP contribution in [-0.4, -0.2) is 54.5 Å². The van der Waals surface area contributed by atoms with Crippen LogP contribution in [0, 0.1) is 5.92 Å². The molecule has 7 heteroatoms. The zero-order valence-corrected chi connectivity index (χ0v) is 22.6. The Morgan fingerprint density at radius 1 is 0.892 bits per heavy atom. The second-order valence-electron chi connectivity index (χ2n) is 9.72. The number of aliphatic hydroxyl groups is 1. The molecule has 4 rings (SSSR count). The van der Waals surface area contributed by atoms with E-state index in [9.17, 15) is 9.90 Å². The number of nitrogens with zero attached hydrogens (tertiary/aromatic N) is 1. The van der Waals surface area contributed by atoms with Gasteiger partial charge in [-0.15, -0.1) is 0 Å². The molecule has 202 valence electrons. The van der Waals surface area contributed by atoms with E-state index in [0.29, 0.717) is 62.2 Å². The van der Waals surface area contributed by atoms with Crippen molar-refractivity contribution in [3.8, 4) is 23.0 Å². The van der Waals surface area contributed by atoms with E-state index in [1.165, 1.54) is 0 Å². The van der Waals surface area contributed by atoms with Crippen molar-refractivity contribution in [2.75, 3.05) is 33.0 Å². The van der Waals surface area contributed by atoms with Gasteiger partial charge in [-0.2, -0.15) is 0 Å². The predicted molar refractivity (Wildman–Crippen MR) is 143 cm³/mol. The summed E-state index contributed by atoms with van der Waals surface area (Å²) in [6.45, 7) is 9.99. The van der Waals surface area contributed by atoms with Gasteiger partial charge in [0.15, 0.2) is 11.5 Å². The van der Waals surface area contributed by atoms with Gasteiger partial charge in [-0.1, -0.05) is 31.0 Å². The molecule has 2 fully saturated rings. The first-order chi connectivity index (χ1) is 18.0. The van der Waals surface area contributed by atoms with Crippen LogP contribution in [0.25, 0.3) is 0 Å². The number of carbonyl (C=O) groups is 1. The van der Waals surface area contributed by atoms with Gasteiger partial charge in [0.2, 0.25) is 5.75 Å². The van der Waals surface area contributed by atoms with Crippen molar-refractivity contribution in [2.24, 2.45) is 5.92 Å². The first-order valence-electron chi connectivity index (χ1n) is 13.8. The molecule has 0 bridgehead atoms.